The number of amides is 3. The number of methoxy groups -OCH3 is 1. The number of Topliss-reactive ketones (excluding diaryl/α,β-unsaturated/α-hetero) is 1. The van der Waals surface area contributed by atoms with Crippen LogP contribution in [0.4, 0.5) is 18.0 Å². The summed E-state index contributed by atoms with van der Waals surface area (Å²) in [5.41, 5.74) is -2.32. The number of hydrogen-bond acceptors (Lipinski definition) is 4. The molecular formula is C19H15F3N2O4. The van der Waals surface area contributed by atoms with Crippen LogP contribution in [0.15, 0.2) is 36.4 Å². The second-order valence-corrected chi connectivity index (χ2v) is 6.34. The summed E-state index contributed by atoms with van der Waals surface area (Å²) < 4.78 is 46.2. The second kappa shape index (κ2) is 6.99. The van der Waals surface area contributed by atoms with Gasteiger partial charge in [0.1, 0.15) is 17.2 Å². The molecule has 1 aliphatic rings. The zero-order valence-corrected chi connectivity index (χ0v) is 14.9. The maximum absolute atomic E-state index is 14.1. The number of urea groups is 1. The molecule has 1 heterocycles. The molecule has 2 aromatic rings. The molecular weight excluding hydrogens is 377 g/mol. The molecule has 0 unspecified atom stereocenters. The van der Waals surface area contributed by atoms with E-state index in [1.807, 2.05) is 0 Å². The quantitative estimate of drug-likeness (QED) is 0.627. The summed E-state index contributed by atoms with van der Waals surface area (Å²) in [6.45, 7) is 0.519. The van der Waals surface area contributed by atoms with Crippen LogP contribution >= 0.6 is 0 Å². The average molecular weight is 392 g/mol. The third-order valence-corrected chi connectivity index (χ3v) is 4.52. The summed E-state index contributed by atoms with van der Waals surface area (Å²) in [6, 6.07) is 5.02. The highest BCUT2D eigenvalue weighted by Gasteiger charge is 2.50. The summed E-state index contributed by atoms with van der Waals surface area (Å²) >= 11 is 0. The van der Waals surface area contributed by atoms with E-state index in [1.54, 1.807) is 0 Å². The molecule has 1 saturated heterocycles. The maximum Gasteiger partial charge on any atom is 0.325 e. The molecule has 1 aliphatic heterocycles. The van der Waals surface area contributed by atoms with E-state index in [0.717, 1.165) is 24.3 Å². The van der Waals surface area contributed by atoms with Crippen molar-refractivity contribution in [2.75, 3.05) is 13.7 Å². The lowest BCUT2D eigenvalue weighted by Gasteiger charge is -2.22. The van der Waals surface area contributed by atoms with Crippen molar-refractivity contribution in [3.8, 4) is 5.75 Å². The molecule has 1 N–H and O–H groups in total. The molecule has 3 rings (SSSR count). The van der Waals surface area contributed by atoms with Crippen LogP contribution < -0.4 is 10.1 Å². The number of nitrogens with zero attached hydrogens (tertiary/aromatic N) is 1. The molecule has 2 aromatic carbocycles. The van der Waals surface area contributed by atoms with Crippen LogP contribution in [0.5, 0.6) is 5.75 Å². The van der Waals surface area contributed by atoms with Gasteiger partial charge in [-0.2, -0.15) is 0 Å². The predicted molar refractivity (Wildman–Crippen MR) is 91.2 cm³/mol. The molecule has 0 radical (unpaired) electrons. The lowest BCUT2D eigenvalue weighted by molar-refractivity contribution is -0.130. The summed E-state index contributed by atoms with van der Waals surface area (Å²) in [5, 5.41) is 2.29. The Balaban J connectivity index is 1.87. The fourth-order valence-corrected chi connectivity index (χ4v) is 2.98. The highest BCUT2D eigenvalue weighted by atomic mass is 19.1. The molecule has 28 heavy (non-hydrogen) atoms. The van der Waals surface area contributed by atoms with Crippen LogP contribution in [-0.4, -0.2) is 36.3 Å². The summed E-state index contributed by atoms with van der Waals surface area (Å²) in [6.07, 6.45) is 0. The van der Waals surface area contributed by atoms with Gasteiger partial charge in [-0.3, -0.25) is 14.5 Å². The van der Waals surface area contributed by atoms with Gasteiger partial charge in [-0.15, -0.1) is 0 Å². The fourth-order valence-electron chi connectivity index (χ4n) is 2.98. The summed E-state index contributed by atoms with van der Waals surface area (Å²) in [4.78, 5) is 38.0. The number of carbonyl (C=O) groups is 3. The van der Waals surface area contributed by atoms with Crippen molar-refractivity contribution in [3.63, 3.8) is 0 Å². The topological polar surface area (TPSA) is 75.7 Å². The number of ether oxygens (including phenoxy) is 1. The molecule has 1 fully saturated rings. The molecule has 0 bridgehead atoms. The normalized spacial score (nSPS) is 19.0. The fraction of sp³-hybridized carbons (Fsp3) is 0.211. The minimum absolute atomic E-state index is 0.0688. The molecule has 146 valence electrons. The lowest BCUT2D eigenvalue weighted by Crippen LogP contribution is -2.42. The number of carbonyl (C=O) groups excluding carboxylic acids is 3. The highest BCUT2D eigenvalue weighted by Crippen LogP contribution is 2.31. The van der Waals surface area contributed by atoms with E-state index in [2.05, 4.69) is 5.32 Å². The standard InChI is InChI=1S/C19H15F3N2O4/c1-19(12-8-11(20)4-5-13(12)21)17(26)24(18(27)23-19)9-15(25)10-3-6-16(28-2)14(22)7-10/h3-8H,9H2,1-2H3,(H,23,27)/t19-/m1/s1. The first kappa shape index (κ1) is 19.4. The zero-order valence-electron chi connectivity index (χ0n) is 14.9. The molecule has 0 spiro atoms. The average Bonchev–Trinajstić information content (AvgIpc) is 2.87. The predicted octanol–water partition coefficient (Wildman–Crippen LogP) is 2.76. The van der Waals surface area contributed by atoms with E-state index < -0.39 is 47.3 Å². The Hall–Kier alpha value is -3.36. The highest BCUT2D eigenvalue weighted by molar-refractivity contribution is 6.11. The van der Waals surface area contributed by atoms with Crippen LogP contribution in [0.2, 0.25) is 0 Å². The minimum atomic E-state index is -1.88. The van der Waals surface area contributed by atoms with E-state index in [1.165, 1.54) is 26.2 Å². The monoisotopic (exact) mass is 392 g/mol. The van der Waals surface area contributed by atoms with Crippen LogP contribution in [-0.2, 0) is 10.3 Å². The Morgan fingerprint density at radius 2 is 1.82 bits per heavy atom. The molecule has 9 heteroatoms. The Morgan fingerprint density at radius 1 is 1.11 bits per heavy atom. The number of hydrogen-bond donors (Lipinski definition) is 1. The Kier molecular flexibility index (Phi) is 4.84. The van der Waals surface area contributed by atoms with Crippen molar-refractivity contribution >= 4 is 17.7 Å². The minimum Gasteiger partial charge on any atom is -0.494 e. The van der Waals surface area contributed by atoms with Crippen molar-refractivity contribution in [1.29, 1.82) is 0 Å². The van der Waals surface area contributed by atoms with E-state index in [9.17, 15) is 27.6 Å². The first-order valence-electron chi connectivity index (χ1n) is 8.13. The number of benzene rings is 2. The van der Waals surface area contributed by atoms with Crippen LogP contribution in [0.25, 0.3) is 0 Å². The van der Waals surface area contributed by atoms with Crippen molar-refractivity contribution in [3.05, 3.63) is 65.0 Å². The summed E-state index contributed by atoms with van der Waals surface area (Å²) in [7, 11) is 1.26. The van der Waals surface area contributed by atoms with Crippen molar-refractivity contribution in [2.24, 2.45) is 0 Å². The van der Waals surface area contributed by atoms with Gasteiger partial charge in [-0.1, -0.05) is 0 Å². The molecule has 1 atom stereocenters. The molecule has 0 aromatic heterocycles. The number of imide groups is 1. The van der Waals surface area contributed by atoms with E-state index in [-0.39, 0.29) is 16.9 Å². The largest absolute Gasteiger partial charge is 0.494 e. The lowest BCUT2D eigenvalue weighted by atomic mass is 9.91. The van der Waals surface area contributed by atoms with Gasteiger partial charge in [-0.05, 0) is 43.3 Å². The van der Waals surface area contributed by atoms with E-state index >= 15 is 0 Å². The van der Waals surface area contributed by atoms with Crippen molar-refractivity contribution in [2.45, 2.75) is 12.5 Å². The summed E-state index contributed by atoms with van der Waals surface area (Å²) in [5.74, 6) is -4.16. The van der Waals surface area contributed by atoms with Gasteiger partial charge < -0.3 is 10.1 Å². The van der Waals surface area contributed by atoms with E-state index in [4.69, 9.17) is 4.74 Å². The zero-order chi connectivity index (χ0) is 20.6. The Morgan fingerprint density at radius 3 is 2.46 bits per heavy atom. The number of nitrogens with one attached hydrogen (secondary N) is 1. The van der Waals surface area contributed by atoms with Gasteiger partial charge in [-0.25, -0.2) is 18.0 Å². The first-order valence-corrected chi connectivity index (χ1v) is 8.13. The first-order chi connectivity index (χ1) is 13.2. The van der Waals surface area contributed by atoms with Crippen LogP contribution in [0.3, 0.4) is 0 Å². The van der Waals surface area contributed by atoms with Gasteiger partial charge in [0, 0.05) is 11.1 Å². The van der Waals surface area contributed by atoms with Gasteiger partial charge in [0.2, 0.25) is 0 Å². The van der Waals surface area contributed by atoms with Crippen LogP contribution in [0.1, 0.15) is 22.8 Å². The molecule has 3 amide bonds. The van der Waals surface area contributed by atoms with Gasteiger partial charge in [0.05, 0.1) is 13.7 Å². The van der Waals surface area contributed by atoms with Gasteiger partial charge in [0.25, 0.3) is 5.91 Å². The van der Waals surface area contributed by atoms with Crippen LogP contribution in [0, 0.1) is 17.5 Å². The van der Waals surface area contributed by atoms with Gasteiger partial charge in [0.15, 0.2) is 17.3 Å². The number of halogens is 3. The SMILES string of the molecule is COc1ccc(C(=O)CN2C(=O)N[C@](C)(c3cc(F)ccc3F)C2=O)cc1F. The third-order valence-electron chi connectivity index (χ3n) is 4.52. The number of ketones is 1. The second-order valence-electron chi connectivity index (χ2n) is 6.34. The Bertz CT molecular complexity index is 995. The van der Waals surface area contributed by atoms with Crippen molar-refractivity contribution < 1.29 is 32.3 Å². The van der Waals surface area contributed by atoms with Crippen molar-refractivity contribution in [1.82, 2.24) is 10.2 Å². The smallest absolute Gasteiger partial charge is 0.325 e. The Labute approximate surface area is 157 Å². The van der Waals surface area contributed by atoms with E-state index in [0.29, 0.717) is 4.90 Å². The van der Waals surface area contributed by atoms with Gasteiger partial charge >= 0.3 is 6.03 Å². The molecule has 0 aliphatic carbocycles. The maximum atomic E-state index is 14.1. The third kappa shape index (κ3) is 3.19. The molecule has 6 nitrogen and oxygen atoms in total. The number of rotatable bonds is 5. The molecule has 0 saturated carbocycles.